The predicted molar refractivity (Wildman–Crippen MR) is 79.9 cm³/mol. The van der Waals surface area contributed by atoms with E-state index < -0.39 is 6.10 Å². The minimum atomic E-state index is -0.471. The molecule has 1 heterocycles. The second kappa shape index (κ2) is 6.58. The van der Waals surface area contributed by atoms with Gasteiger partial charge < -0.3 is 14.8 Å². The van der Waals surface area contributed by atoms with Crippen molar-refractivity contribution in [3.63, 3.8) is 0 Å². The van der Waals surface area contributed by atoms with Crippen LogP contribution in [0, 0.1) is 0 Å². The van der Waals surface area contributed by atoms with Crippen molar-refractivity contribution in [3.8, 4) is 0 Å². The van der Waals surface area contributed by atoms with Gasteiger partial charge in [-0.3, -0.25) is 4.79 Å². The lowest BCUT2D eigenvalue weighted by atomic mass is 9.76. The fraction of sp³-hybridized carbons (Fsp3) is 0.588. The Morgan fingerprint density at radius 2 is 1.86 bits per heavy atom. The molecule has 1 aromatic rings. The maximum Gasteiger partial charge on any atom is 0.252 e. The van der Waals surface area contributed by atoms with Crippen molar-refractivity contribution in [2.24, 2.45) is 0 Å². The highest BCUT2D eigenvalue weighted by Crippen LogP contribution is 2.37. The summed E-state index contributed by atoms with van der Waals surface area (Å²) in [4.78, 5) is 12.5. The Morgan fingerprint density at radius 1 is 1.10 bits per heavy atom. The summed E-state index contributed by atoms with van der Waals surface area (Å²) in [5.74, 6) is -0.0412. The summed E-state index contributed by atoms with van der Waals surface area (Å²) in [5.41, 5.74) is 0.965. The van der Waals surface area contributed by atoms with Crippen LogP contribution < -0.4 is 5.32 Å². The number of benzene rings is 1. The molecule has 21 heavy (non-hydrogen) atoms. The van der Waals surface area contributed by atoms with E-state index in [1.165, 1.54) is 12.0 Å². The Balaban J connectivity index is 1.77. The number of rotatable bonds is 3. The van der Waals surface area contributed by atoms with E-state index in [2.05, 4.69) is 17.4 Å². The molecule has 2 fully saturated rings. The van der Waals surface area contributed by atoms with Crippen molar-refractivity contribution in [3.05, 3.63) is 35.9 Å². The molecule has 1 unspecified atom stereocenters. The van der Waals surface area contributed by atoms with Crippen LogP contribution in [0.3, 0.4) is 0 Å². The molecule has 0 spiro atoms. The highest BCUT2D eigenvalue weighted by molar-refractivity contribution is 5.82. The zero-order chi connectivity index (χ0) is 14.5. The predicted octanol–water partition coefficient (Wildman–Crippen LogP) is 2.38. The van der Waals surface area contributed by atoms with Crippen molar-refractivity contribution in [1.82, 2.24) is 5.32 Å². The summed E-state index contributed by atoms with van der Waals surface area (Å²) < 4.78 is 10.9. The van der Waals surface area contributed by atoms with Crippen LogP contribution in [-0.2, 0) is 19.8 Å². The maximum absolute atomic E-state index is 12.5. The van der Waals surface area contributed by atoms with Crippen LogP contribution in [0.25, 0.3) is 0 Å². The standard InChI is InChI=1S/C17H23NO3/c19-16(15-13-20-11-12-21-15)18-17(9-5-2-6-10-17)14-7-3-1-4-8-14/h1,3-4,7-8,15H,2,5-6,9-13H2,(H,18,19). The molecule has 0 aromatic heterocycles. The SMILES string of the molecule is O=C(NC1(c2ccccc2)CCCCC1)C1COCCO1. The summed E-state index contributed by atoms with van der Waals surface area (Å²) in [6, 6.07) is 10.3. The molecule has 1 amide bonds. The van der Waals surface area contributed by atoms with Gasteiger partial charge in [-0.15, -0.1) is 0 Å². The van der Waals surface area contributed by atoms with Gasteiger partial charge in [0.25, 0.3) is 5.91 Å². The molecular formula is C17H23NO3. The van der Waals surface area contributed by atoms with E-state index >= 15 is 0 Å². The van der Waals surface area contributed by atoms with E-state index in [4.69, 9.17) is 9.47 Å². The molecular weight excluding hydrogens is 266 g/mol. The molecule has 0 bridgehead atoms. The number of amides is 1. The Labute approximate surface area is 125 Å². The van der Waals surface area contributed by atoms with E-state index in [9.17, 15) is 4.79 Å². The largest absolute Gasteiger partial charge is 0.376 e. The first-order valence-corrected chi connectivity index (χ1v) is 7.87. The van der Waals surface area contributed by atoms with Crippen LogP contribution >= 0.6 is 0 Å². The van der Waals surface area contributed by atoms with Crippen LogP contribution in [0.1, 0.15) is 37.7 Å². The van der Waals surface area contributed by atoms with E-state index in [1.807, 2.05) is 18.2 Å². The number of ether oxygens (including phenoxy) is 2. The summed E-state index contributed by atoms with van der Waals surface area (Å²) >= 11 is 0. The molecule has 0 radical (unpaired) electrons. The zero-order valence-electron chi connectivity index (χ0n) is 12.3. The van der Waals surface area contributed by atoms with E-state index in [0.717, 1.165) is 25.7 Å². The highest BCUT2D eigenvalue weighted by Gasteiger charge is 2.37. The summed E-state index contributed by atoms with van der Waals surface area (Å²) in [6.07, 6.45) is 5.07. The van der Waals surface area contributed by atoms with E-state index in [-0.39, 0.29) is 11.4 Å². The van der Waals surface area contributed by atoms with Gasteiger partial charge in [0.15, 0.2) is 6.10 Å². The molecule has 1 aromatic carbocycles. The molecule has 1 aliphatic carbocycles. The van der Waals surface area contributed by atoms with Gasteiger partial charge >= 0.3 is 0 Å². The zero-order valence-corrected chi connectivity index (χ0v) is 12.3. The third-order valence-corrected chi connectivity index (χ3v) is 4.50. The number of carbonyl (C=O) groups is 1. The molecule has 3 rings (SSSR count). The third-order valence-electron chi connectivity index (χ3n) is 4.50. The lowest BCUT2D eigenvalue weighted by Crippen LogP contribution is -2.53. The monoisotopic (exact) mass is 289 g/mol. The molecule has 1 saturated carbocycles. The minimum Gasteiger partial charge on any atom is -0.376 e. The smallest absolute Gasteiger partial charge is 0.252 e. The summed E-state index contributed by atoms with van der Waals surface area (Å²) in [6.45, 7) is 1.43. The topological polar surface area (TPSA) is 47.6 Å². The minimum absolute atomic E-state index is 0.0412. The Bertz CT molecular complexity index is 462. The summed E-state index contributed by atoms with van der Waals surface area (Å²) in [7, 11) is 0. The molecule has 4 nitrogen and oxygen atoms in total. The fourth-order valence-electron chi connectivity index (χ4n) is 3.35. The quantitative estimate of drug-likeness (QED) is 0.929. The van der Waals surface area contributed by atoms with Gasteiger partial charge in [0.05, 0.1) is 25.4 Å². The first-order chi connectivity index (χ1) is 10.3. The number of carbonyl (C=O) groups excluding carboxylic acids is 1. The third kappa shape index (κ3) is 3.27. The first kappa shape index (κ1) is 14.5. The Morgan fingerprint density at radius 3 is 2.52 bits per heavy atom. The molecule has 1 saturated heterocycles. The van der Waals surface area contributed by atoms with Crippen LogP contribution in [0.2, 0.25) is 0 Å². The van der Waals surface area contributed by atoms with Crippen LogP contribution in [0.4, 0.5) is 0 Å². The van der Waals surface area contributed by atoms with Crippen molar-refractivity contribution in [2.45, 2.75) is 43.7 Å². The van der Waals surface area contributed by atoms with Gasteiger partial charge in [-0.1, -0.05) is 49.6 Å². The number of hydrogen-bond acceptors (Lipinski definition) is 3. The second-order valence-electron chi connectivity index (χ2n) is 5.93. The van der Waals surface area contributed by atoms with Gasteiger partial charge in [-0.05, 0) is 18.4 Å². The Hall–Kier alpha value is -1.39. The highest BCUT2D eigenvalue weighted by atomic mass is 16.6. The van der Waals surface area contributed by atoms with Crippen molar-refractivity contribution < 1.29 is 14.3 Å². The fourth-order valence-corrected chi connectivity index (χ4v) is 3.35. The average molecular weight is 289 g/mol. The van der Waals surface area contributed by atoms with Crippen LogP contribution in [0.15, 0.2) is 30.3 Å². The van der Waals surface area contributed by atoms with Gasteiger partial charge in [-0.2, -0.15) is 0 Å². The normalized spacial score (nSPS) is 25.2. The van der Waals surface area contributed by atoms with Gasteiger partial charge in [0.1, 0.15) is 0 Å². The van der Waals surface area contributed by atoms with Crippen LogP contribution in [0.5, 0.6) is 0 Å². The van der Waals surface area contributed by atoms with Crippen molar-refractivity contribution in [2.75, 3.05) is 19.8 Å². The molecule has 1 atom stereocenters. The van der Waals surface area contributed by atoms with E-state index in [1.54, 1.807) is 0 Å². The van der Waals surface area contributed by atoms with Gasteiger partial charge in [-0.25, -0.2) is 0 Å². The van der Waals surface area contributed by atoms with Crippen molar-refractivity contribution >= 4 is 5.91 Å². The van der Waals surface area contributed by atoms with Crippen LogP contribution in [-0.4, -0.2) is 31.8 Å². The maximum atomic E-state index is 12.5. The van der Waals surface area contributed by atoms with Gasteiger partial charge in [0.2, 0.25) is 0 Å². The molecule has 1 aliphatic heterocycles. The van der Waals surface area contributed by atoms with Crippen molar-refractivity contribution in [1.29, 1.82) is 0 Å². The lowest BCUT2D eigenvalue weighted by molar-refractivity contribution is -0.150. The lowest BCUT2D eigenvalue weighted by Gasteiger charge is -2.40. The van der Waals surface area contributed by atoms with Gasteiger partial charge in [0, 0.05) is 0 Å². The molecule has 2 aliphatic rings. The first-order valence-electron chi connectivity index (χ1n) is 7.87. The Kier molecular flexibility index (Phi) is 4.56. The molecule has 4 heteroatoms. The average Bonchev–Trinajstić information content (AvgIpc) is 2.57. The number of hydrogen-bond donors (Lipinski definition) is 1. The van der Waals surface area contributed by atoms with E-state index in [0.29, 0.717) is 19.8 Å². The molecule has 114 valence electrons. The summed E-state index contributed by atoms with van der Waals surface area (Å²) in [5, 5.41) is 3.27. The second-order valence-corrected chi connectivity index (χ2v) is 5.93. The number of nitrogens with one attached hydrogen (secondary N) is 1. The molecule has 1 N–H and O–H groups in total.